The van der Waals surface area contributed by atoms with E-state index in [2.05, 4.69) is 15.6 Å². The molecule has 0 unspecified atom stereocenters. The van der Waals surface area contributed by atoms with Gasteiger partial charge >= 0.3 is 5.97 Å². The van der Waals surface area contributed by atoms with Crippen LogP contribution in [0.5, 0.6) is 5.75 Å². The molecule has 0 heterocycles. The first-order valence-corrected chi connectivity index (χ1v) is 8.36. The van der Waals surface area contributed by atoms with Crippen LogP contribution in [0.3, 0.4) is 0 Å². The summed E-state index contributed by atoms with van der Waals surface area (Å²) in [7, 11) is 1.25. The molecule has 0 saturated heterocycles. The lowest BCUT2D eigenvalue weighted by Gasteiger charge is -2.11. The molecule has 0 aromatic heterocycles. The second kappa shape index (κ2) is 9.05. The van der Waals surface area contributed by atoms with Crippen LogP contribution in [0.25, 0.3) is 0 Å². The van der Waals surface area contributed by atoms with Crippen LogP contribution in [0.1, 0.15) is 31.8 Å². The van der Waals surface area contributed by atoms with Crippen molar-refractivity contribution in [3.05, 3.63) is 63.7 Å². The number of hydrogen-bond donors (Lipinski definition) is 2. The van der Waals surface area contributed by atoms with Gasteiger partial charge in [-0.3, -0.25) is 20.4 Å². The Morgan fingerprint density at radius 1 is 1.00 bits per heavy atom. The van der Waals surface area contributed by atoms with Crippen LogP contribution in [0.2, 0.25) is 5.02 Å². The SMILES string of the molecule is COC(=O)c1cccc(C(=O)NNC(=O)COc2cc(C)c(Cl)c(C)c2)c1. The highest BCUT2D eigenvalue weighted by Crippen LogP contribution is 2.25. The molecule has 142 valence electrons. The Labute approximate surface area is 161 Å². The van der Waals surface area contributed by atoms with Crippen LogP contribution in [-0.4, -0.2) is 31.5 Å². The molecule has 0 aliphatic heterocycles. The summed E-state index contributed by atoms with van der Waals surface area (Å²) in [6.45, 7) is 3.39. The molecular weight excluding hydrogens is 372 g/mol. The summed E-state index contributed by atoms with van der Waals surface area (Å²) in [6.07, 6.45) is 0. The van der Waals surface area contributed by atoms with Crippen molar-refractivity contribution in [3.63, 3.8) is 0 Å². The van der Waals surface area contributed by atoms with E-state index in [1.165, 1.54) is 31.4 Å². The number of carbonyl (C=O) groups excluding carboxylic acids is 3. The topological polar surface area (TPSA) is 93.7 Å². The zero-order chi connectivity index (χ0) is 20.0. The number of rotatable bonds is 5. The summed E-state index contributed by atoms with van der Waals surface area (Å²) in [4.78, 5) is 35.4. The number of hydrazine groups is 1. The number of halogens is 1. The monoisotopic (exact) mass is 390 g/mol. The van der Waals surface area contributed by atoms with Crippen LogP contribution in [0.15, 0.2) is 36.4 Å². The molecule has 2 amide bonds. The van der Waals surface area contributed by atoms with Gasteiger partial charge in [0, 0.05) is 10.6 Å². The third-order valence-corrected chi connectivity index (χ3v) is 4.24. The molecule has 2 aromatic carbocycles. The van der Waals surface area contributed by atoms with Crippen LogP contribution < -0.4 is 15.6 Å². The van der Waals surface area contributed by atoms with Crippen molar-refractivity contribution in [2.24, 2.45) is 0 Å². The van der Waals surface area contributed by atoms with E-state index in [9.17, 15) is 14.4 Å². The molecule has 0 radical (unpaired) electrons. The predicted molar refractivity (Wildman–Crippen MR) is 99.8 cm³/mol. The van der Waals surface area contributed by atoms with E-state index in [4.69, 9.17) is 16.3 Å². The van der Waals surface area contributed by atoms with Crippen molar-refractivity contribution >= 4 is 29.4 Å². The molecule has 27 heavy (non-hydrogen) atoms. The van der Waals surface area contributed by atoms with E-state index in [0.717, 1.165) is 11.1 Å². The molecule has 0 atom stereocenters. The number of benzene rings is 2. The van der Waals surface area contributed by atoms with Gasteiger partial charge in [0.05, 0.1) is 12.7 Å². The van der Waals surface area contributed by atoms with Gasteiger partial charge in [-0.25, -0.2) is 4.79 Å². The first kappa shape index (κ1) is 20.3. The highest BCUT2D eigenvalue weighted by molar-refractivity contribution is 6.32. The predicted octanol–water partition coefficient (Wildman–Crippen LogP) is 2.58. The summed E-state index contributed by atoms with van der Waals surface area (Å²) in [5.74, 6) is -1.18. The number of amides is 2. The molecular formula is C19H19ClN2O5. The molecule has 0 bridgehead atoms. The maximum atomic E-state index is 12.1. The second-order valence-electron chi connectivity index (χ2n) is 5.73. The zero-order valence-electron chi connectivity index (χ0n) is 15.1. The minimum Gasteiger partial charge on any atom is -0.484 e. The van der Waals surface area contributed by atoms with Crippen molar-refractivity contribution < 1.29 is 23.9 Å². The number of aryl methyl sites for hydroxylation is 2. The van der Waals surface area contributed by atoms with Gasteiger partial charge < -0.3 is 9.47 Å². The summed E-state index contributed by atoms with van der Waals surface area (Å²) in [5, 5.41) is 0.647. The standard InChI is InChI=1S/C19H19ClN2O5/c1-11-7-15(8-12(2)17(11)20)27-10-16(23)21-22-18(24)13-5-4-6-14(9-13)19(25)26-3/h4-9H,10H2,1-3H3,(H,21,23)(H,22,24). The molecule has 0 aliphatic rings. The van der Waals surface area contributed by atoms with Crippen molar-refractivity contribution in [1.29, 1.82) is 0 Å². The van der Waals surface area contributed by atoms with Crippen molar-refractivity contribution in [1.82, 2.24) is 10.9 Å². The Kier molecular flexibility index (Phi) is 6.79. The number of carbonyl (C=O) groups is 3. The fraction of sp³-hybridized carbons (Fsp3) is 0.211. The number of ether oxygens (including phenoxy) is 2. The Morgan fingerprint density at radius 3 is 2.26 bits per heavy atom. The van der Waals surface area contributed by atoms with Crippen molar-refractivity contribution in [2.45, 2.75) is 13.8 Å². The summed E-state index contributed by atoms with van der Waals surface area (Å²) in [6, 6.07) is 9.37. The smallest absolute Gasteiger partial charge is 0.337 e. The molecule has 7 nitrogen and oxygen atoms in total. The zero-order valence-corrected chi connectivity index (χ0v) is 15.8. The van der Waals surface area contributed by atoms with E-state index < -0.39 is 17.8 Å². The Hall–Kier alpha value is -3.06. The summed E-state index contributed by atoms with van der Waals surface area (Å²) in [5.41, 5.74) is 6.61. The highest BCUT2D eigenvalue weighted by atomic mass is 35.5. The van der Waals surface area contributed by atoms with Crippen LogP contribution in [-0.2, 0) is 9.53 Å². The quantitative estimate of drug-likeness (QED) is 0.604. The fourth-order valence-electron chi connectivity index (χ4n) is 2.28. The second-order valence-corrected chi connectivity index (χ2v) is 6.11. The number of esters is 1. The van der Waals surface area contributed by atoms with Gasteiger partial charge in [-0.15, -0.1) is 0 Å². The molecule has 0 spiro atoms. The van der Waals surface area contributed by atoms with E-state index in [-0.39, 0.29) is 17.7 Å². The largest absolute Gasteiger partial charge is 0.484 e. The molecule has 0 fully saturated rings. The summed E-state index contributed by atoms with van der Waals surface area (Å²) >= 11 is 6.08. The number of hydrogen-bond acceptors (Lipinski definition) is 5. The third kappa shape index (κ3) is 5.46. The maximum Gasteiger partial charge on any atom is 0.337 e. The molecule has 0 aliphatic carbocycles. The molecule has 2 rings (SSSR count). The lowest BCUT2D eigenvalue weighted by Crippen LogP contribution is -2.43. The first-order chi connectivity index (χ1) is 12.8. The van der Waals surface area contributed by atoms with Gasteiger partial charge in [-0.2, -0.15) is 0 Å². The van der Waals surface area contributed by atoms with Gasteiger partial charge in [0.1, 0.15) is 5.75 Å². The van der Waals surface area contributed by atoms with Crippen LogP contribution >= 0.6 is 11.6 Å². The Bertz CT molecular complexity index is 859. The van der Waals surface area contributed by atoms with Crippen molar-refractivity contribution in [3.8, 4) is 5.75 Å². The van der Waals surface area contributed by atoms with Gasteiger partial charge in [0.15, 0.2) is 6.61 Å². The van der Waals surface area contributed by atoms with Gasteiger partial charge in [-0.1, -0.05) is 17.7 Å². The lowest BCUT2D eigenvalue weighted by atomic mass is 10.1. The normalized spacial score (nSPS) is 10.1. The molecule has 2 aromatic rings. The average Bonchev–Trinajstić information content (AvgIpc) is 2.67. The van der Waals surface area contributed by atoms with E-state index in [1.54, 1.807) is 12.1 Å². The number of methoxy groups -OCH3 is 1. The molecule has 2 N–H and O–H groups in total. The van der Waals surface area contributed by atoms with Crippen molar-refractivity contribution in [2.75, 3.05) is 13.7 Å². The van der Waals surface area contributed by atoms with Gasteiger partial charge in [0.25, 0.3) is 11.8 Å². The Balaban J connectivity index is 1.88. The minimum absolute atomic E-state index is 0.197. The first-order valence-electron chi connectivity index (χ1n) is 7.99. The third-order valence-electron chi connectivity index (χ3n) is 3.64. The number of nitrogens with one attached hydrogen (secondary N) is 2. The minimum atomic E-state index is -0.577. The fourth-order valence-corrected chi connectivity index (χ4v) is 2.39. The van der Waals surface area contributed by atoms with Gasteiger partial charge in [0.2, 0.25) is 0 Å². The average molecular weight is 391 g/mol. The lowest BCUT2D eigenvalue weighted by molar-refractivity contribution is -0.123. The Morgan fingerprint density at radius 2 is 1.63 bits per heavy atom. The van der Waals surface area contributed by atoms with Gasteiger partial charge in [-0.05, 0) is 55.3 Å². The molecule has 8 heteroatoms. The van der Waals surface area contributed by atoms with E-state index in [1.807, 2.05) is 13.8 Å². The maximum absolute atomic E-state index is 12.1. The summed E-state index contributed by atoms with van der Waals surface area (Å²) < 4.78 is 10.0. The highest BCUT2D eigenvalue weighted by Gasteiger charge is 2.12. The van der Waals surface area contributed by atoms with E-state index >= 15 is 0 Å². The molecule has 0 saturated carbocycles. The van der Waals surface area contributed by atoms with E-state index in [0.29, 0.717) is 10.8 Å². The van der Waals surface area contributed by atoms with Crippen LogP contribution in [0.4, 0.5) is 0 Å². The van der Waals surface area contributed by atoms with Crippen LogP contribution in [0, 0.1) is 13.8 Å².